The zero-order chi connectivity index (χ0) is 6.50. The van der Waals surface area contributed by atoms with Gasteiger partial charge in [0.05, 0.1) is 0 Å². The van der Waals surface area contributed by atoms with E-state index >= 15 is 0 Å². The molecule has 11 heavy (non-hydrogen) atoms. The molecule has 0 fully saturated rings. The summed E-state index contributed by atoms with van der Waals surface area (Å²) in [4.78, 5) is 0. The maximum atomic E-state index is 8.52. The molecule has 0 saturated carbocycles. The molecule has 0 N–H and O–H groups in total. The van der Waals surface area contributed by atoms with Crippen molar-refractivity contribution in [3.8, 4) is 0 Å². The molecular weight excluding hydrogens is 220 g/mol. The van der Waals surface area contributed by atoms with Crippen LogP contribution in [-0.2, 0) is 10.4 Å². The summed E-state index contributed by atoms with van der Waals surface area (Å²) in [6.07, 6.45) is 0. The van der Waals surface area contributed by atoms with Crippen LogP contribution in [0.5, 0.6) is 0 Å². The van der Waals surface area contributed by atoms with Crippen LogP contribution in [0.15, 0.2) is 0 Å². The summed E-state index contributed by atoms with van der Waals surface area (Å²) >= 11 is 0. The minimum Gasteiger partial charge on any atom is -1.00 e. The smallest absolute Gasteiger partial charge is 1.00 e. The molecule has 11 heteroatoms. The minimum atomic E-state index is -5.17. The molecule has 0 aliphatic carbocycles. The molecule has 0 atom stereocenters. The second kappa shape index (κ2) is 23.5. The summed E-state index contributed by atoms with van der Waals surface area (Å²) < 4.78 is 34.1. The Morgan fingerprint density at radius 3 is 0.727 bits per heavy atom. The summed E-state index contributed by atoms with van der Waals surface area (Å²) in [7, 11) is -5.17. The maximum Gasteiger partial charge on any atom is 1.00 e. The molecule has 0 aromatic heterocycles. The van der Waals surface area contributed by atoms with E-state index < -0.39 is 10.4 Å². The first-order chi connectivity index (χ1) is 3.00. The first-order valence-corrected chi connectivity index (χ1v) is 2.17. The Labute approximate surface area is 153 Å². The molecule has 6 nitrogen and oxygen atoms in total. The third-order valence-electron chi connectivity index (χ3n) is 0. The first kappa shape index (κ1) is 36.4. The second-order valence-corrected chi connectivity index (χ2v) is 1.22. The van der Waals surface area contributed by atoms with E-state index in [1.165, 1.54) is 0 Å². The molecule has 0 rings (SSSR count). The van der Waals surface area contributed by atoms with Gasteiger partial charge in [-0.25, -0.2) is 0 Å². The normalized spacial score (nSPS) is 5.82. The third-order valence-corrected chi connectivity index (χ3v) is 0. The van der Waals surface area contributed by atoms with Crippen molar-refractivity contribution in [2.45, 2.75) is 0 Å². The molecule has 0 heterocycles. The van der Waals surface area contributed by atoms with Crippen LogP contribution in [-0.4, -0.2) is 17.5 Å². The van der Waals surface area contributed by atoms with Gasteiger partial charge in [0.25, 0.3) is 0 Å². The van der Waals surface area contributed by atoms with Crippen molar-refractivity contribution in [3.05, 3.63) is 0 Å². The van der Waals surface area contributed by atoms with Gasteiger partial charge in [0.15, 0.2) is 0 Å². The van der Waals surface area contributed by atoms with E-state index in [2.05, 4.69) is 0 Å². The van der Waals surface area contributed by atoms with E-state index in [1.54, 1.807) is 0 Å². The van der Waals surface area contributed by atoms with Crippen LogP contribution in [0.1, 0.15) is 0 Å². The predicted molar refractivity (Wildman–Crippen MR) is 10.5 cm³/mol. The van der Waals surface area contributed by atoms with E-state index in [9.17, 15) is 0 Å². The third kappa shape index (κ3) is 133. The maximum absolute atomic E-state index is 8.52. The molecule has 0 aliphatic rings. The van der Waals surface area contributed by atoms with Crippen LogP contribution in [0.3, 0.4) is 0 Å². The van der Waals surface area contributed by atoms with Crippen LogP contribution >= 0.6 is 0 Å². The Kier molecular flexibility index (Phi) is 77.9. The van der Waals surface area contributed by atoms with Crippen LogP contribution < -0.4 is 129 Å². The molecule has 0 spiro atoms. The molecular formula is Na4O6S. The summed E-state index contributed by atoms with van der Waals surface area (Å²) in [5, 5.41) is 14.0. The molecule has 0 aromatic carbocycles. The summed E-state index contributed by atoms with van der Waals surface area (Å²) in [5.74, 6) is 0. The van der Waals surface area contributed by atoms with Gasteiger partial charge in [-0.05, 0) is 0 Å². The van der Waals surface area contributed by atoms with Crippen molar-refractivity contribution in [2.24, 2.45) is 0 Å². The van der Waals surface area contributed by atoms with Crippen molar-refractivity contribution in [1.29, 1.82) is 0 Å². The van der Waals surface area contributed by atoms with E-state index in [0.717, 1.165) is 0 Å². The van der Waals surface area contributed by atoms with Gasteiger partial charge >= 0.3 is 118 Å². The van der Waals surface area contributed by atoms with Gasteiger partial charge in [0, 0.05) is 10.4 Å². The Hall–Kier alpha value is 3.79. The predicted octanol–water partition coefficient (Wildman–Crippen LogP) is -15.7. The molecule has 0 aliphatic heterocycles. The van der Waals surface area contributed by atoms with E-state index in [4.69, 9.17) is 28.0 Å². The van der Waals surface area contributed by atoms with Crippen LogP contribution in [0.2, 0.25) is 0 Å². The first-order valence-electron chi connectivity index (χ1n) is 0.833. The fraction of sp³-hybridized carbons (Fsp3) is 0. The van der Waals surface area contributed by atoms with E-state index in [-0.39, 0.29) is 118 Å². The average Bonchev–Trinajstić information content (AvgIpc) is 1.36. The van der Waals surface area contributed by atoms with Crippen LogP contribution in [0, 0.1) is 0 Å². The quantitative estimate of drug-likeness (QED) is 0.131. The molecule has 46 valence electrons. The number of rotatable bonds is 0. The van der Waals surface area contributed by atoms with Gasteiger partial charge in [-0.3, -0.25) is 8.42 Å². The van der Waals surface area contributed by atoms with Gasteiger partial charge in [0.2, 0.25) is 0 Å². The van der Waals surface area contributed by atoms with Gasteiger partial charge < -0.3 is 19.6 Å². The van der Waals surface area contributed by atoms with Gasteiger partial charge in [-0.2, -0.15) is 0 Å². The summed E-state index contributed by atoms with van der Waals surface area (Å²) in [6, 6.07) is 0. The topological polar surface area (TPSA) is 126 Å². The van der Waals surface area contributed by atoms with Crippen LogP contribution in [0.4, 0.5) is 0 Å². The zero-order valence-electron chi connectivity index (χ0n) is 6.86. The Balaban J connectivity index is -0.00000000972. The molecule has 0 amide bonds. The zero-order valence-corrected chi connectivity index (χ0v) is 15.7. The Morgan fingerprint density at radius 1 is 0.727 bits per heavy atom. The van der Waals surface area contributed by atoms with Crippen LogP contribution in [0.25, 0.3) is 0 Å². The fourth-order valence-electron chi connectivity index (χ4n) is 0. The molecule has 0 aromatic rings. The SMILES string of the molecule is O=S(=O)([O-])[O-].[Na+].[Na+].[Na+].[Na+].[O-][O-]. The van der Waals surface area contributed by atoms with Crippen molar-refractivity contribution < 1.29 is 146 Å². The fourth-order valence-corrected chi connectivity index (χ4v) is 0. The van der Waals surface area contributed by atoms with Gasteiger partial charge in [-0.15, -0.1) is 0 Å². The van der Waals surface area contributed by atoms with Gasteiger partial charge in [-0.1, -0.05) is 0 Å². The van der Waals surface area contributed by atoms with E-state index in [1.807, 2.05) is 0 Å². The second-order valence-electron chi connectivity index (χ2n) is 0.408. The Morgan fingerprint density at radius 2 is 0.727 bits per heavy atom. The monoisotopic (exact) mass is 220 g/mol. The number of hydrogen-bond acceptors (Lipinski definition) is 6. The van der Waals surface area contributed by atoms with Crippen molar-refractivity contribution in [2.75, 3.05) is 0 Å². The van der Waals surface area contributed by atoms with Crippen molar-refractivity contribution in [1.82, 2.24) is 0 Å². The molecule has 0 bridgehead atoms. The van der Waals surface area contributed by atoms with E-state index in [0.29, 0.717) is 0 Å². The summed E-state index contributed by atoms with van der Waals surface area (Å²) in [6.45, 7) is 0. The van der Waals surface area contributed by atoms with Crippen molar-refractivity contribution in [3.63, 3.8) is 0 Å². The van der Waals surface area contributed by atoms with Crippen molar-refractivity contribution >= 4 is 10.4 Å². The Bertz CT molecular complexity index is 97.8. The average molecular weight is 220 g/mol. The molecule has 0 radical (unpaired) electrons. The minimum absolute atomic E-state index is 0. The molecule has 0 unspecified atom stereocenters. The number of hydrogen-bond donors (Lipinski definition) is 0. The standard InChI is InChI=1S/4Na.H2O4S.O2/c;;;;1-5(2,3)4;1-2/h;;;;(H2,1,2,3,4);/q4*+1;;-2/p-2. The summed E-state index contributed by atoms with van der Waals surface area (Å²) in [5.41, 5.74) is 0. The molecule has 0 saturated heterocycles. The van der Waals surface area contributed by atoms with Gasteiger partial charge in [0.1, 0.15) is 0 Å². The largest absolute Gasteiger partial charge is 1.00 e.